The number of carbonyl (C=O) groups excluding carboxylic acids is 1. The maximum Gasteiger partial charge on any atom is 0.286 e. The van der Waals surface area contributed by atoms with Crippen LogP contribution in [0.2, 0.25) is 0 Å². The second kappa shape index (κ2) is 11.3. The minimum Gasteiger partial charge on any atom is -0.488 e. The molecular weight excluding hydrogens is 428 g/mol. The van der Waals surface area contributed by atoms with Crippen LogP contribution < -0.4 is 9.47 Å². The smallest absolute Gasteiger partial charge is 0.286 e. The molecule has 0 aromatic heterocycles. The van der Waals surface area contributed by atoms with E-state index in [4.69, 9.17) is 9.47 Å². The summed E-state index contributed by atoms with van der Waals surface area (Å²) in [4.78, 5) is 17.4. The van der Waals surface area contributed by atoms with Crippen LogP contribution >= 0.6 is 23.5 Å². The Morgan fingerprint density at radius 2 is 1.61 bits per heavy atom. The van der Waals surface area contributed by atoms with E-state index in [9.17, 15) is 10.1 Å². The molecule has 0 N–H and O–H groups in total. The lowest BCUT2D eigenvalue weighted by atomic mass is 10.1. The van der Waals surface area contributed by atoms with Crippen LogP contribution in [0.1, 0.15) is 21.5 Å². The number of benzene rings is 3. The Kier molecular flexibility index (Phi) is 8.16. The normalized spacial score (nSPS) is 10.1. The van der Waals surface area contributed by atoms with Crippen molar-refractivity contribution in [3.05, 3.63) is 89.5 Å². The quantitative estimate of drug-likeness (QED) is 0.333. The number of amides is 1. The fourth-order valence-electron chi connectivity index (χ4n) is 2.74. The number of ether oxygens (including phenoxy) is 2. The fourth-order valence-corrected chi connectivity index (χ4v) is 3.75. The van der Waals surface area contributed by atoms with Gasteiger partial charge in [-0.2, -0.15) is 10.3 Å². The molecule has 0 spiro atoms. The molecule has 0 unspecified atom stereocenters. The molecule has 156 valence electrons. The summed E-state index contributed by atoms with van der Waals surface area (Å²) < 4.78 is 12.6. The van der Waals surface area contributed by atoms with Crippen molar-refractivity contribution >= 4 is 33.8 Å². The molecule has 0 aliphatic heterocycles. The van der Waals surface area contributed by atoms with Crippen LogP contribution in [0.15, 0.2) is 77.8 Å². The van der Waals surface area contributed by atoms with Crippen LogP contribution in [-0.4, -0.2) is 22.8 Å². The molecule has 7 heteroatoms. The summed E-state index contributed by atoms with van der Waals surface area (Å²) in [6.07, 6.45) is 3.70. The van der Waals surface area contributed by atoms with Gasteiger partial charge in [0.2, 0.25) is 0 Å². The number of hydrogen-bond acceptors (Lipinski definition) is 6. The van der Waals surface area contributed by atoms with E-state index < -0.39 is 5.91 Å². The minimum atomic E-state index is -0.523. The molecule has 0 heterocycles. The fraction of sp³-hybridized carbons (Fsp3) is 0.125. The zero-order valence-electron chi connectivity index (χ0n) is 17.1. The largest absolute Gasteiger partial charge is 0.488 e. The van der Waals surface area contributed by atoms with Gasteiger partial charge in [0, 0.05) is 0 Å². The predicted molar refractivity (Wildman–Crippen MR) is 127 cm³/mol. The van der Waals surface area contributed by atoms with Crippen LogP contribution in [0.3, 0.4) is 0 Å². The summed E-state index contributed by atoms with van der Waals surface area (Å²) in [5.41, 5.74) is 1.30. The van der Waals surface area contributed by atoms with Gasteiger partial charge in [-0.1, -0.05) is 48.5 Å². The minimum absolute atomic E-state index is 0.124. The highest BCUT2D eigenvalue weighted by Crippen LogP contribution is 2.37. The van der Waals surface area contributed by atoms with Gasteiger partial charge < -0.3 is 9.47 Å². The molecule has 0 atom stereocenters. The van der Waals surface area contributed by atoms with Gasteiger partial charge in [-0.15, -0.1) is 23.5 Å². The van der Waals surface area contributed by atoms with E-state index in [-0.39, 0.29) is 23.5 Å². The number of nitrogens with zero attached hydrogens (tertiary/aromatic N) is 2. The highest BCUT2D eigenvalue weighted by molar-refractivity contribution is 8.38. The van der Waals surface area contributed by atoms with Crippen molar-refractivity contribution in [2.75, 3.05) is 12.5 Å². The molecule has 0 saturated heterocycles. The molecule has 1 amide bonds. The van der Waals surface area contributed by atoms with Gasteiger partial charge in [0.15, 0.2) is 5.75 Å². The summed E-state index contributed by atoms with van der Waals surface area (Å²) in [7, 11) is 0. The lowest BCUT2D eigenvalue weighted by Crippen LogP contribution is -2.07. The van der Waals surface area contributed by atoms with E-state index in [1.807, 2.05) is 61.0 Å². The molecular formula is C24H20N2O3S2. The van der Waals surface area contributed by atoms with E-state index in [1.165, 1.54) is 23.5 Å². The topological polar surface area (TPSA) is 71.7 Å². The van der Waals surface area contributed by atoms with Crippen molar-refractivity contribution in [3.8, 4) is 23.3 Å². The Bertz CT molecular complexity index is 1100. The van der Waals surface area contributed by atoms with E-state index >= 15 is 0 Å². The van der Waals surface area contributed by atoms with E-state index in [1.54, 1.807) is 24.3 Å². The summed E-state index contributed by atoms with van der Waals surface area (Å²) in [5, 5.41) is 9.65. The third-order valence-electron chi connectivity index (χ3n) is 4.20. The monoisotopic (exact) mass is 448 g/mol. The standard InChI is InChI=1S/C24H20N2O3S2/c1-30-24(31-2)26-23(27)21-20(28-16-17-9-5-3-6-10-17)14-13-18(15-25)22(21)29-19-11-7-4-8-12-19/h3-14H,16H2,1-2H3. The van der Waals surface area contributed by atoms with Gasteiger partial charge >= 0.3 is 0 Å². The number of aliphatic imine (C=N–C) groups is 1. The molecule has 0 bridgehead atoms. The maximum absolute atomic E-state index is 13.2. The summed E-state index contributed by atoms with van der Waals surface area (Å²) in [5.74, 6) is 0.427. The Balaban J connectivity index is 2.08. The molecule has 3 rings (SSSR count). The zero-order chi connectivity index (χ0) is 22.1. The second-order valence-corrected chi connectivity index (χ2v) is 8.06. The Morgan fingerprint density at radius 1 is 0.968 bits per heavy atom. The van der Waals surface area contributed by atoms with Crippen molar-refractivity contribution in [3.63, 3.8) is 0 Å². The van der Waals surface area contributed by atoms with Crippen molar-refractivity contribution in [2.45, 2.75) is 6.61 Å². The number of nitriles is 1. The summed E-state index contributed by atoms with van der Waals surface area (Å²) >= 11 is 2.75. The highest BCUT2D eigenvalue weighted by Gasteiger charge is 2.24. The van der Waals surface area contributed by atoms with Gasteiger partial charge in [-0.05, 0) is 42.3 Å². The average molecular weight is 449 g/mol. The first-order chi connectivity index (χ1) is 15.2. The SMILES string of the molecule is CSC(=NC(=O)c1c(OCc2ccccc2)ccc(C#N)c1Oc1ccccc1)SC. The molecule has 31 heavy (non-hydrogen) atoms. The Labute approximate surface area is 190 Å². The number of rotatable bonds is 6. The van der Waals surface area contributed by atoms with Gasteiger partial charge in [-0.25, -0.2) is 0 Å². The lowest BCUT2D eigenvalue weighted by Gasteiger charge is -2.16. The van der Waals surface area contributed by atoms with Gasteiger partial charge in [-0.3, -0.25) is 4.79 Å². The van der Waals surface area contributed by atoms with Crippen LogP contribution in [0.25, 0.3) is 0 Å². The molecule has 0 fully saturated rings. The summed E-state index contributed by atoms with van der Waals surface area (Å²) in [6.45, 7) is 0.263. The van der Waals surface area contributed by atoms with Crippen LogP contribution in [0, 0.1) is 11.3 Å². The lowest BCUT2D eigenvalue weighted by molar-refractivity contribution is 0.0996. The first kappa shape index (κ1) is 22.5. The average Bonchev–Trinajstić information content (AvgIpc) is 2.82. The Morgan fingerprint density at radius 3 is 2.23 bits per heavy atom. The van der Waals surface area contributed by atoms with Gasteiger partial charge in [0.1, 0.15) is 34.1 Å². The molecule has 0 saturated carbocycles. The zero-order valence-corrected chi connectivity index (χ0v) is 18.7. The molecule has 3 aromatic rings. The van der Waals surface area contributed by atoms with Crippen LogP contribution in [-0.2, 0) is 6.61 Å². The van der Waals surface area contributed by atoms with Crippen molar-refractivity contribution in [2.24, 2.45) is 4.99 Å². The van der Waals surface area contributed by atoms with Crippen molar-refractivity contribution in [1.82, 2.24) is 0 Å². The molecule has 0 aliphatic carbocycles. The molecule has 3 aromatic carbocycles. The van der Waals surface area contributed by atoms with E-state index in [0.717, 1.165) is 5.56 Å². The third-order valence-corrected chi connectivity index (χ3v) is 6.08. The third kappa shape index (κ3) is 5.91. The molecule has 0 radical (unpaired) electrons. The maximum atomic E-state index is 13.2. The van der Waals surface area contributed by atoms with E-state index in [2.05, 4.69) is 11.1 Å². The molecule has 5 nitrogen and oxygen atoms in total. The van der Waals surface area contributed by atoms with Crippen molar-refractivity contribution < 1.29 is 14.3 Å². The van der Waals surface area contributed by atoms with Gasteiger partial charge in [0.05, 0.1) is 5.56 Å². The number of carbonyl (C=O) groups is 1. The second-order valence-electron chi connectivity index (χ2n) is 6.21. The highest BCUT2D eigenvalue weighted by atomic mass is 32.2. The van der Waals surface area contributed by atoms with Gasteiger partial charge in [0.25, 0.3) is 5.91 Å². The van der Waals surface area contributed by atoms with Crippen LogP contribution in [0.4, 0.5) is 0 Å². The van der Waals surface area contributed by atoms with E-state index in [0.29, 0.717) is 15.9 Å². The number of thioether (sulfide) groups is 2. The van der Waals surface area contributed by atoms with Crippen molar-refractivity contribution in [1.29, 1.82) is 5.26 Å². The number of para-hydroxylation sites is 1. The predicted octanol–water partition coefficient (Wildman–Crippen LogP) is 6.15. The molecule has 0 aliphatic rings. The summed E-state index contributed by atoms with van der Waals surface area (Å²) in [6, 6.07) is 23.9. The number of hydrogen-bond donors (Lipinski definition) is 0. The first-order valence-electron chi connectivity index (χ1n) is 9.34. The Hall–Kier alpha value is -3.21. The van der Waals surface area contributed by atoms with Crippen LogP contribution in [0.5, 0.6) is 17.2 Å². The first-order valence-corrected chi connectivity index (χ1v) is 11.8.